The molecule has 0 radical (unpaired) electrons. The molecule has 1 fully saturated rings. The first-order valence-corrected chi connectivity index (χ1v) is 5.43. The van der Waals surface area contributed by atoms with Crippen LogP contribution in [-0.2, 0) is 0 Å². The predicted octanol–water partition coefficient (Wildman–Crippen LogP) is 2.05. The molecule has 0 aliphatic carbocycles. The molecule has 0 amide bonds. The highest BCUT2D eigenvalue weighted by Gasteiger charge is 2.26. The molecule has 0 aromatic carbocycles. The van der Waals surface area contributed by atoms with E-state index in [0.29, 0.717) is 12.5 Å². The molecule has 1 aliphatic rings. The molecule has 1 heterocycles. The number of allylic oxidation sites excluding steroid dienone is 1. The summed E-state index contributed by atoms with van der Waals surface area (Å²) >= 11 is 0. The number of rotatable bonds is 5. The van der Waals surface area contributed by atoms with Crippen LogP contribution >= 0.6 is 0 Å². The van der Waals surface area contributed by atoms with Crippen molar-refractivity contribution >= 4 is 0 Å². The zero-order valence-electron chi connectivity index (χ0n) is 9.56. The Morgan fingerprint density at radius 1 is 1.88 bits per heavy atom. The average Bonchev–Trinajstić information content (AvgIpc) is 2.69. The van der Waals surface area contributed by atoms with E-state index in [1.807, 2.05) is 6.92 Å². The average molecular weight is 219 g/mol. The maximum absolute atomic E-state index is 8.44. The van der Waals surface area contributed by atoms with Crippen LogP contribution in [0.2, 0.25) is 0 Å². The van der Waals surface area contributed by atoms with Crippen molar-refractivity contribution in [3.05, 3.63) is 22.7 Å². The van der Waals surface area contributed by atoms with Gasteiger partial charge in [-0.25, -0.2) is 5.01 Å². The third kappa shape index (κ3) is 2.85. The van der Waals surface area contributed by atoms with Crippen molar-refractivity contribution in [3.63, 3.8) is 0 Å². The van der Waals surface area contributed by atoms with Gasteiger partial charge in [0, 0.05) is 24.6 Å². The standard InChI is InChI=1S/C11H17N5/c1-4-11(16(5-2)15-14-12)8-10-6-7-13-9(10)3/h1,10-11,13H,3,5-8H2,2H3/t10-,11+/m0/s1. The Kier molecular flexibility index (Phi) is 4.56. The molecule has 0 bridgehead atoms. The number of hydrogen-bond donors (Lipinski definition) is 1. The molecule has 16 heavy (non-hydrogen) atoms. The van der Waals surface area contributed by atoms with Crippen LogP contribution in [0, 0.1) is 18.3 Å². The largest absolute Gasteiger partial charge is 0.389 e. The Bertz CT molecular complexity index is 337. The molecule has 1 N–H and O–H groups in total. The van der Waals surface area contributed by atoms with Crippen molar-refractivity contribution in [2.24, 2.45) is 11.1 Å². The highest BCUT2D eigenvalue weighted by Crippen LogP contribution is 2.24. The molecule has 1 saturated heterocycles. The van der Waals surface area contributed by atoms with E-state index in [4.69, 9.17) is 12.0 Å². The van der Waals surface area contributed by atoms with Crippen LogP contribution in [-0.4, -0.2) is 24.1 Å². The van der Waals surface area contributed by atoms with E-state index >= 15 is 0 Å². The van der Waals surface area contributed by atoms with Gasteiger partial charge in [-0.15, -0.1) is 12.0 Å². The van der Waals surface area contributed by atoms with E-state index in [9.17, 15) is 0 Å². The molecular weight excluding hydrogens is 202 g/mol. The van der Waals surface area contributed by atoms with Crippen LogP contribution in [0.4, 0.5) is 0 Å². The smallest absolute Gasteiger partial charge is 0.160 e. The Morgan fingerprint density at radius 3 is 3.06 bits per heavy atom. The zero-order chi connectivity index (χ0) is 12.0. The summed E-state index contributed by atoms with van der Waals surface area (Å²) < 4.78 is 0. The van der Waals surface area contributed by atoms with Gasteiger partial charge in [-0.2, -0.15) is 4.91 Å². The Balaban J connectivity index is 2.64. The summed E-state index contributed by atoms with van der Waals surface area (Å²) in [7, 11) is 0. The molecule has 86 valence electrons. The van der Waals surface area contributed by atoms with Gasteiger partial charge in [0.05, 0.1) is 6.54 Å². The molecule has 0 aromatic rings. The summed E-state index contributed by atoms with van der Waals surface area (Å²) in [6.45, 7) is 7.44. The Labute approximate surface area is 96.1 Å². The van der Waals surface area contributed by atoms with Gasteiger partial charge in [-0.3, -0.25) is 0 Å². The van der Waals surface area contributed by atoms with E-state index in [0.717, 1.165) is 25.1 Å². The minimum atomic E-state index is -0.150. The van der Waals surface area contributed by atoms with E-state index in [1.165, 1.54) is 0 Å². The summed E-state index contributed by atoms with van der Waals surface area (Å²) in [4.78, 5) is 2.79. The third-order valence-corrected chi connectivity index (χ3v) is 2.88. The summed E-state index contributed by atoms with van der Waals surface area (Å²) in [5, 5.41) is 8.41. The minimum Gasteiger partial charge on any atom is -0.389 e. The lowest BCUT2D eigenvalue weighted by molar-refractivity contribution is 0.230. The fourth-order valence-electron chi connectivity index (χ4n) is 1.93. The van der Waals surface area contributed by atoms with Crippen LogP contribution < -0.4 is 5.32 Å². The number of azide groups is 1. The Morgan fingerprint density at radius 2 is 2.62 bits per heavy atom. The molecule has 0 spiro atoms. The first kappa shape index (κ1) is 12.3. The number of terminal acetylenes is 1. The van der Waals surface area contributed by atoms with Gasteiger partial charge in [0.2, 0.25) is 0 Å². The molecular formula is C11H17N5. The lowest BCUT2D eigenvalue weighted by Crippen LogP contribution is -2.31. The van der Waals surface area contributed by atoms with Gasteiger partial charge < -0.3 is 5.32 Å². The summed E-state index contributed by atoms with van der Waals surface area (Å²) in [5.41, 5.74) is 9.48. The van der Waals surface area contributed by atoms with E-state index in [2.05, 4.69) is 28.0 Å². The fraction of sp³-hybridized carbons (Fsp3) is 0.636. The summed E-state index contributed by atoms with van der Waals surface area (Å²) in [6, 6.07) is -0.150. The second-order valence-corrected chi connectivity index (χ2v) is 3.79. The second-order valence-electron chi connectivity index (χ2n) is 3.79. The van der Waals surface area contributed by atoms with Crippen LogP contribution in [0.3, 0.4) is 0 Å². The molecule has 5 heteroatoms. The highest BCUT2D eigenvalue weighted by atomic mass is 15.5. The Hall–Kier alpha value is -1.79. The first-order valence-electron chi connectivity index (χ1n) is 5.43. The minimum absolute atomic E-state index is 0.150. The molecule has 0 unspecified atom stereocenters. The quantitative estimate of drug-likeness (QED) is 0.253. The lowest BCUT2D eigenvalue weighted by atomic mass is 9.97. The molecule has 2 atom stereocenters. The second kappa shape index (κ2) is 5.94. The topological polar surface area (TPSA) is 64.0 Å². The number of nitrogens with zero attached hydrogens (tertiary/aromatic N) is 4. The van der Waals surface area contributed by atoms with Crippen molar-refractivity contribution in [2.75, 3.05) is 13.1 Å². The van der Waals surface area contributed by atoms with E-state index in [1.54, 1.807) is 5.01 Å². The van der Waals surface area contributed by atoms with Crippen molar-refractivity contribution in [1.82, 2.24) is 10.3 Å². The molecule has 1 rings (SSSR count). The SMILES string of the molecule is C#C[C@H](C[C@@H]1CCNC1=C)N(CC)N=[N+]=[N-]. The predicted molar refractivity (Wildman–Crippen MR) is 64.0 cm³/mol. The van der Waals surface area contributed by atoms with Gasteiger partial charge in [0.25, 0.3) is 0 Å². The lowest BCUT2D eigenvalue weighted by Gasteiger charge is -2.21. The van der Waals surface area contributed by atoms with Gasteiger partial charge in [0.1, 0.15) is 0 Å². The van der Waals surface area contributed by atoms with Crippen molar-refractivity contribution in [3.8, 4) is 12.3 Å². The molecule has 5 nitrogen and oxygen atoms in total. The van der Waals surface area contributed by atoms with E-state index in [-0.39, 0.29) is 6.04 Å². The van der Waals surface area contributed by atoms with Gasteiger partial charge in [-0.1, -0.05) is 12.5 Å². The van der Waals surface area contributed by atoms with Crippen molar-refractivity contribution in [1.29, 1.82) is 0 Å². The molecule has 0 aromatic heterocycles. The normalized spacial score (nSPS) is 20.5. The van der Waals surface area contributed by atoms with Crippen LogP contribution in [0.5, 0.6) is 0 Å². The third-order valence-electron chi connectivity index (χ3n) is 2.88. The monoisotopic (exact) mass is 219 g/mol. The maximum atomic E-state index is 8.44. The van der Waals surface area contributed by atoms with Crippen LogP contribution in [0.15, 0.2) is 17.5 Å². The van der Waals surface area contributed by atoms with Crippen LogP contribution in [0.25, 0.3) is 10.4 Å². The summed E-state index contributed by atoms with van der Waals surface area (Å²) in [5.74, 6) is 3.06. The van der Waals surface area contributed by atoms with Gasteiger partial charge in [0.15, 0.2) is 6.04 Å². The molecule has 0 saturated carbocycles. The number of hydrogen-bond acceptors (Lipinski definition) is 2. The van der Waals surface area contributed by atoms with Gasteiger partial charge in [-0.05, 0) is 18.6 Å². The van der Waals surface area contributed by atoms with Crippen molar-refractivity contribution in [2.45, 2.75) is 25.8 Å². The molecule has 1 aliphatic heterocycles. The maximum Gasteiger partial charge on any atom is 0.160 e. The fourth-order valence-corrected chi connectivity index (χ4v) is 1.93. The van der Waals surface area contributed by atoms with E-state index < -0.39 is 0 Å². The zero-order valence-corrected chi connectivity index (χ0v) is 9.56. The number of nitrogens with one attached hydrogen (secondary N) is 1. The summed E-state index contributed by atoms with van der Waals surface area (Å²) in [6.07, 6.45) is 7.31. The van der Waals surface area contributed by atoms with Crippen molar-refractivity contribution < 1.29 is 0 Å². The van der Waals surface area contributed by atoms with Crippen LogP contribution in [0.1, 0.15) is 19.8 Å². The highest BCUT2D eigenvalue weighted by molar-refractivity contribution is 5.09. The first-order chi connectivity index (χ1) is 7.72. The van der Waals surface area contributed by atoms with Gasteiger partial charge >= 0.3 is 0 Å².